The molecule has 0 saturated carbocycles. The van der Waals surface area contributed by atoms with E-state index in [4.69, 9.17) is 8.94 Å². The molecule has 0 atom stereocenters. The number of aromatic nitrogens is 2. The highest BCUT2D eigenvalue weighted by molar-refractivity contribution is 7.89. The zero-order valence-corrected chi connectivity index (χ0v) is 19.6. The van der Waals surface area contributed by atoms with E-state index in [0.29, 0.717) is 49.7 Å². The lowest BCUT2D eigenvalue weighted by atomic mass is 10.1. The summed E-state index contributed by atoms with van der Waals surface area (Å²) in [6.45, 7) is 9.58. The van der Waals surface area contributed by atoms with Crippen LogP contribution in [0.5, 0.6) is 0 Å². The fraction of sp³-hybridized carbons (Fsp3) is 0.455. The lowest BCUT2D eigenvalue weighted by Crippen LogP contribution is -2.49. The highest BCUT2D eigenvalue weighted by Crippen LogP contribution is 2.24. The topological polar surface area (TPSA) is 102 Å². The molecule has 10 heteroatoms. The molecule has 172 valence electrons. The van der Waals surface area contributed by atoms with Gasteiger partial charge in [0.2, 0.25) is 10.0 Å². The molecular formula is C22H28N4O5S. The predicted molar refractivity (Wildman–Crippen MR) is 117 cm³/mol. The molecule has 0 aromatic carbocycles. The van der Waals surface area contributed by atoms with Gasteiger partial charge in [-0.1, -0.05) is 5.16 Å². The first kappa shape index (κ1) is 22.5. The summed E-state index contributed by atoms with van der Waals surface area (Å²) in [5.41, 5.74) is 2.96. The number of rotatable bonds is 7. The standard InChI is InChI=1S/C22H28N4O5S/c1-15-12-20(17(3)26(15)13-19-6-5-11-30-19)21(27)14-24-7-9-25(10-8-24)32(28,29)22-16(2)23-31-18(22)4/h5-6,11-12H,7-10,13-14H2,1-4H3. The molecule has 0 unspecified atom stereocenters. The molecule has 0 radical (unpaired) electrons. The Hall–Kier alpha value is -2.69. The van der Waals surface area contributed by atoms with E-state index < -0.39 is 10.0 Å². The molecular weight excluding hydrogens is 432 g/mol. The second kappa shape index (κ2) is 8.68. The summed E-state index contributed by atoms with van der Waals surface area (Å²) in [6.07, 6.45) is 1.64. The number of aryl methyl sites for hydroxylation is 3. The van der Waals surface area contributed by atoms with Gasteiger partial charge < -0.3 is 13.5 Å². The largest absolute Gasteiger partial charge is 0.467 e. The lowest BCUT2D eigenvalue weighted by molar-refractivity contribution is 0.0901. The molecule has 3 aromatic rings. The minimum Gasteiger partial charge on any atom is -0.467 e. The van der Waals surface area contributed by atoms with Crippen molar-refractivity contribution in [2.45, 2.75) is 39.1 Å². The fourth-order valence-corrected chi connectivity index (χ4v) is 5.99. The zero-order chi connectivity index (χ0) is 23.0. The van der Waals surface area contributed by atoms with Crippen molar-refractivity contribution in [1.82, 2.24) is 18.9 Å². The third kappa shape index (κ3) is 4.17. The summed E-state index contributed by atoms with van der Waals surface area (Å²) in [5.74, 6) is 1.16. The van der Waals surface area contributed by atoms with Gasteiger partial charge in [0, 0.05) is 43.1 Å². The van der Waals surface area contributed by atoms with Crippen LogP contribution < -0.4 is 0 Å². The molecule has 1 saturated heterocycles. The normalized spacial score (nSPS) is 16.0. The number of furan rings is 1. The predicted octanol–water partition coefficient (Wildman–Crippen LogP) is 2.54. The molecule has 4 rings (SSSR count). The highest BCUT2D eigenvalue weighted by Gasteiger charge is 2.33. The molecule has 32 heavy (non-hydrogen) atoms. The summed E-state index contributed by atoms with van der Waals surface area (Å²) in [7, 11) is -3.66. The van der Waals surface area contributed by atoms with Crippen LogP contribution in [0.3, 0.4) is 0 Å². The van der Waals surface area contributed by atoms with E-state index in [0.717, 1.165) is 17.1 Å². The smallest absolute Gasteiger partial charge is 0.248 e. The van der Waals surface area contributed by atoms with Gasteiger partial charge >= 0.3 is 0 Å². The third-order valence-electron chi connectivity index (χ3n) is 6.03. The second-order valence-electron chi connectivity index (χ2n) is 8.21. The highest BCUT2D eigenvalue weighted by atomic mass is 32.2. The Labute approximate surface area is 187 Å². The van der Waals surface area contributed by atoms with Gasteiger partial charge in [0.05, 0.1) is 19.4 Å². The maximum atomic E-state index is 13.0. The monoisotopic (exact) mass is 460 g/mol. The average molecular weight is 461 g/mol. The van der Waals surface area contributed by atoms with E-state index in [9.17, 15) is 13.2 Å². The van der Waals surface area contributed by atoms with Gasteiger partial charge in [-0.05, 0) is 45.9 Å². The van der Waals surface area contributed by atoms with Crippen LogP contribution in [0.4, 0.5) is 0 Å². The van der Waals surface area contributed by atoms with Crippen molar-refractivity contribution in [1.29, 1.82) is 0 Å². The molecule has 0 spiro atoms. The molecule has 0 amide bonds. The quantitative estimate of drug-likeness (QED) is 0.499. The van der Waals surface area contributed by atoms with Crippen molar-refractivity contribution in [2.75, 3.05) is 32.7 Å². The summed E-state index contributed by atoms with van der Waals surface area (Å²) in [5, 5.41) is 3.76. The van der Waals surface area contributed by atoms with Gasteiger partial charge in [0.15, 0.2) is 11.5 Å². The van der Waals surface area contributed by atoms with Crippen LogP contribution in [0.1, 0.15) is 39.0 Å². The molecule has 3 aromatic heterocycles. The molecule has 0 N–H and O–H groups in total. The molecule has 1 aliphatic rings. The minimum absolute atomic E-state index is 0.0332. The van der Waals surface area contributed by atoms with E-state index in [1.54, 1.807) is 20.1 Å². The molecule has 0 aliphatic carbocycles. The number of carbonyl (C=O) groups is 1. The third-order valence-corrected chi connectivity index (χ3v) is 8.18. The van der Waals surface area contributed by atoms with Gasteiger partial charge in [-0.2, -0.15) is 4.31 Å². The Morgan fingerprint density at radius 3 is 2.44 bits per heavy atom. The number of nitrogens with zero attached hydrogens (tertiary/aromatic N) is 4. The maximum Gasteiger partial charge on any atom is 0.248 e. The summed E-state index contributed by atoms with van der Waals surface area (Å²) >= 11 is 0. The van der Waals surface area contributed by atoms with Crippen molar-refractivity contribution in [3.8, 4) is 0 Å². The van der Waals surface area contributed by atoms with Gasteiger partial charge in [-0.3, -0.25) is 9.69 Å². The van der Waals surface area contributed by atoms with Crippen molar-refractivity contribution in [2.24, 2.45) is 0 Å². The number of Topliss-reactive ketones (excluding diaryl/α,β-unsaturated/α-hetero) is 1. The fourth-order valence-electron chi connectivity index (χ4n) is 4.27. The van der Waals surface area contributed by atoms with Crippen molar-refractivity contribution in [3.05, 3.63) is 58.6 Å². The lowest BCUT2D eigenvalue weighted by Gasteiger charge is -2.33. The van der Waals surface area contributed by atoms with E-state index in [1.807, 2.05) is 36.9 Å². The number of carbonyl (C=O) groups excluding carboxylic acids is 1. The van der Waals surface area contributed by atoms with Gasteiger partial charge in [0.1, 0.15) is 16.3 Å². The first-order valence-corrected chi connectivity index (χ1v) is 12.0. The van der Waals surface area contributed by atoms with Crippen LogP contribution >= 0.6 is 0 Å². The Kier molecular flexibility index (Phi) is 6.11. The van der Waals surface area contributed by atoms with Crippen LogP contribution in [0, 0.1) is 27.7 Å². The van der Waals surface area contributed by atoms with Crippen LogP contribution in [0.15, 0.2) is 38.3 Å². The molecule has 1 aliphatic heterocycles. The first-order chi connectivity index (χ1) is 15.2. The first-order valence-electron chi connectivity index (χ1n) is 10.6. The van der Waals surface area contributed by atoms with Crippen molar-refractivity contribution >= 4 is 15.8 Å². The Balaban J connectivity index is 1.40. The second-order valence-corrected chi connectivity index (χ2v) is 10.1. The Morgan fingerprint density at radius 1 is 1.12 bits per heavy atom. The summed E-state index contributed by atoms with van der Waals surface area (Å²) < 4.78 is 40.0. The summed E-state index contributed by atoms with van der Waals surface area (Å²) in [4.78, 5) is 15.2. The zero-order valence-electron chi connectivity index (χ0n) is 18.8. The van der Waals surface area contributed by atoms with E-state index in [-0.39, 0.29) is 17.2 Å². The molecule has 0 bridgehead atoms. The Bertz CT molecular complexity index is 1200. The number of sulfonamides is 1. The SMILES string of the molecule is Cc1noc(C)c1S(=O)(=O)N1CCN(CC(=O)c2cc(C)n(Cc3ccco3)c2C)CC1. The molecule has 1 fully saturated rings. The van der Waals surface area contributed by atoms with E-state index in [1.165, 1.54) is 4.31 Å². The maximum absolute atomic E-state index is 13.0. The van der Waals surface area contributed by atoms with Crippen LogP contribution in [-0.4, -0.2) is 65.9 Å². The number of ketones is 1. The van der Waals surface area contributed by atoms with Crippen LogP contribution in [-0.2, 0) is 16.6 Å². The van der Waals surface area contributed by atoms with E-state index >= 15 is 0 Å². The van der Waals surface area contributed by atoms with Crippen molar-refractivity contribution in [3.63, 3.8) is 0 Å². The van der Waals surface area contributed by atoms with Gasteiger partial charge in [-0.15, -0.1) is 0 Å². The van der Waals surface area contributed by atoms with Gasteiger partial charge in [-0.25, -0.2) is 8.42 Å². The van der Waals surface area contributed by atoms with E-state index in [2.05, 4.69) is 9.72 Å². The van der Waals surface area contributed by atoms with Crippen LogP contribution in [0.25, 0.3) is 0 Å². The number of hydrogen-bond acceptors (Lipinski definition) is 7. The number of piperazine rings is 1. The average Bonchev–Trinajstić information content (AvgIpc) is 3.45. The molecule has 9 nitrogen and oxygen atoms in total. The van der Waals surface area contributed by atoms with Crippen molar-refractivity contribution < 1.29 is 22.2 Å². The molecule has 4 heterocycles. The Morgan fingerprint density at radius 2 is 1.84 bits per heavy atom. The summed E-state index contributed by atoms with van der Waals surface area (Å²) in [6, 6.07) is 5.68. The van der Waals surface area contributed by atoms with Crippen LogP contribution in [0.2, 0.25) is 0 Å². The number of hydrogen-bond donors (Lipinski definition) is 0. The van der Waals surface area contributed by atoms with Gasteiger partial charge in [0.25, 0.3) is 0 Å². The minimum atomic E-state index is -3.66.